The van der Waals surface area contributed by atoms with Gasteiger partial charge in [-0.2, -0.15) is 0 Å². The van der Waals surface area contributed by atoms with E-state index in [9.17, 15) is 24.8 Å². The highest BCUT2D eigenvalue weighted by Gasteiger charge is 2.35. The highest BCUT2D eigenvalue weighted by Crippen LogP contribution is 2.38. The number of rotatable bonds is 8. The minimum absolute atomic E-state index is 0.0231. The molecule has 0 N–H and O–H groups in total. The maximum absolute atomic E-state index is 14.0. The van der Waals surface area contributed by atoms with Crippen LogP contribution in [0.15, 0.2) is 82.1 Å². The van der Waals surface area contributed by atoms with Gasteiger partial charge in [-0.25, -0.2) is 9.79 Å². The van der Waals surface area contributed by atoms with Crippen molar-refractivity contribution in [3.63, 3.8) is 0 Å². The lowest BCUT2D eigenvalue weighted by molar-refractivity contribution is -0.398. The summed E-state index contributed by atoms with van der Waals surface area (Å²) < 4.78 is 17.8. The Hall–Kier alpha value is -5.23. The first-order valence-electron chi connectivity index (χ1n) is 12.7. The van der Waals surface area contributed by atoms with Crippen molar-refractivity contribution in [3.05, 3.63) is 119 Å². The Morgan fingerprint density at radius 2 is 1.81 bits per heavy atom. The lowest BCUT2D eigenvalue weighted by Gasteiger charge is -2.26. The molecular weight excluding hydrogens is 562 g/mol. The number of carbonyl (C=O) groups excluding carboxylic acids is 1. The summed E-state index contributed by atoms with van der Waals surface area (Å²) in [4.78, 5) is 43.1. The molecule has 1 aliphatic heterocycles. The molecule has 1 aromatic heterocycles. The van der Waals surface area contributed by atoms with Gasteiger partial charge in [0.1, 0.15) is 0 Å². The van der Waals surface area contributed by atoms with Gasteiger partial charge in [0.2, 0.25) is 0 Å². The number of esters is 1. The molecule has 0 spiro atoms. The monoisotopic (exact) mass is 586 g/mol. The van der Waals surface area contributed by atoms with Gasteiger partial charge in [0.15, 0.2) is 16.3 Å². The summed E-state index contributed by atoms with van der Waals surface area (Å²) in [7, 11) is 2.97. The van der Waals surface area contributed by atoms with Crippen molar-refractivity contribution in [1.29, 1.82) is 0 Å². The predicted molar refractivity (Wildman–Crippen MR) is 153 cm³/mol. The third-order valence-electron chi connectivity index (χ3n) is 6.61. The number of thiazole rings is 1. The normalized spacial score (nSPS) is 14.6. The van der Waals surface area contributed by atoms with Crippen LogP contribution in [0.1, 0.15) is 29.7 Å². The number of aromatic nitrogens is 1. The van der Waals surface area contributed by atoms with Crippen LogP contribution in [0.3, 0.4) is 0 Å². The summed E-state index contributed by atoms with van der Waals surface area (Å²) in [6.07, 6.45) is 1.31. The first-order chi connectivity index (χ1) is 20.3. The highest BCUT2D eigenvalue weighted by molar-refractivity contribution is 7.07. The van der Waals surface area contributed by atoms with Crippen molar-refractivity contribution >= 4 is 34.8 Å². The summed E-state index contributed by atoms with van der Waals surface area (Å²) in [6, 6.07) is 17.0. The summed E-state index contributed by atoms with van der Waals surface area (Å²) in [5.41, 5.74) is 0.436. The molecule has 214 valence electrons. The number of fused-ring (bicyclic) bond motifs is 1. The lowest BCUT2D eigenvalue weighted by atomic mass is 9.93. The van der Waals surface area contributed by atoms with Crippen LogP contribution in [-0.2, 0) is 9.53 Å². The zero-order valence-corrected chi connectivity index (χ0v) is 23.5. The van der Waals surface area contributed by atoms with Crippen LogP contribution in [0.2, 0.25) is 0 Å². The Morgan fingerprint density at radius 3 is 2.48 bits per heavy atom. The lowest BCUT2D eigenvalue weighted by Crippen LogP contribution is -2.40. The fraction of sp³-hybridized carbons (Fsp3) is 0.167. The van der Waals surface area contributed by atoms with Gasteiger partial charge in [-0.1, -0.05) is 59.9 Å². The van der Waals surface area contributed by atoms with E-state index in [1.807, 2.05) is 6.07 Å². The van der Waals surface area contributed by atoms with E-state index in [0.29, 0.717) is 28.3 Å². The number of carbonyl (C=O) groups is 1. The Kier molecular flexibility index (Phi) is 7.89. The second-order valence-corrected chi connectivity index (χ2v) is 10.0. The number of methoxy groups -OCH3 is 2. The zero-order valence-electron chi connectivity index (χ0n) is 22.7. The number of benzene rings is 3. The van der Waals surface area contributed by atoms with Gasteiger partial charge < -0.3 is 19.3 Å². The standard InChI is InChI=1S/C30H25N3O8S/c1-4-41-29(36)24-25(17-9-6-5-7-10-17)31-30-32(26(24)18-13-14-21(39-2)22(15-18)40-3)28(35)23(42-30)16-19-11-8-12-20(27(19)34)33(37)38/h5-16,26,34H,4H2,1-3H3/p-1/b23-16+/t26-/m1/s1. The third-order valence-corrected chi connectivity index (χ3v) is 7.59. The van der Waals surface area contributed by atoms with Gasteiger partial charge in [-0.3, -0.25) is 19.5 Å². The molecule has 5 rings (SSSR count). The van der Waals surface area contributed by atoms with Crippen LogP contribution in [0.25, 0.3) is 11.8 Å². The molecule has 0 amide bonds. The Labute approximate surface area is 243 Å². The second-order valence-electron chi connectivity index (χ2n) is 9.00. The zero-order chi connectivity index (χ0) is 30.0. The molecule has 0 aliphatic carbocycles. The molecule has 42 heavy (non-hydrogen) atoms. The molecule has 1 aliphatic rings. The smallest absolute Gasteiger partial charge is 0.338 e. The van der Waals surface area contributed by atoms with Gasteiger partial charge in [0.25, 0.3) is 11.2 Å². The minimum Gasteiger partial charge on any atom is -0.867 e. The van der Waals surface area contributed by atoms with Crippen molar-refractivity contribution in [2.24, 2.45) is 4.99 Å². The molecule has 2 heterocycles. The van der Waals surface area contributed by atoms with Crippen LogP contribution in [0.4, 0.5) is 5.69 Å². The van der Waals surface area contributed by atoms with E-state index in [-0.39, 0.29) is 27.1 Å². The molecule has 0 radical (unpaired) electrons. The Balaban J connectivity index is 1.85. The molecule has 0 saturated carbocycles. The molecular formula is C30H24N3O8S-. The van der Waals surface area contributed by atoms with Crippen LogP contribution < -0.4 is 29.5 Å². The van der Waals surface area contributed by atoms with Gasteiger partial charge in [-0.15, -0.1) is 0 Å². The molecule has 0 fully saturated rings. The van der Waals surface area contributed by atoms with Gasteiger partial charge in [0, 0.05) is 11.6 Å². The van der Waals surface area contributed by atoms with E-state index >= 15 is 0 Å². The maximum Gasteiger partial charge on any atom is 0.338 e. The van der Waals surface area contributed by atoms with Crippen LogP contribution >= 0.6 is 11.3 Å². The topological polar surface area (TPSA) is 145 Å². The van der Waals surface area contributed by atoms with Crippen LogP contribution in [-0.4, -0.2) is 36.3 Å². The van der Waals surface area contributed by atoms with Gasteiger partial charge >= 0.3 is 5.97 Å². The van der Waals surface area contributed by atoms with Gasteiger partial charge in [-0.05, 0) is 42.0 Å². The number of hydrogen-bond acceptors (Lipinski definition) is 10. The van der Waals surface area contributed by atoms with Crippen molar-refractivity contribution in [1.82, 2.24) is 4.57 Å². The molecule has 12 heteroatoms. The second kappa shape index (κ2) is 11.7. The number of nitro benzene ring substituents is 1. The van der Waals surface area contributed by atoms with E-state index in [0.717, 1.165) is 17.4 Å². The fourth-order valence-electron chi connectivity index (χ4n) is 4.72. The summed E-state index contributed by atoms with van der Waals surface area (Å²) in [5.74, 6) is -0.643. The van der Waals surface area contributed by atoms with E-state index < -0.39 is 33.9 Å². The van der Waals surface area contributed by atoms with Gasteiger partial charge in [0.05, 0.1) is 47.6 Å². The first kappa shape index (κ1) is 28.3. The van der Waals surface area contributed by atoms with E-state index in [4.69, 9.17) is 19.2 Å². The Morgan fingerprint density at radius 1 is 1.07 bits per heavy atom. The molecule has 0 saturated heterocycles. The quantitative estimate of drug-likeness (QED) is 0.174. The average Bonchev–Trinajstić information content (AvgIpc) is 3.31. The number of nitrogens with zero attached hydrogens (tertiary/aromatic N) is 3. The molecule has 0 unspecified atom stereocenters. The first-order valence-corrected chi connectivity index (χ1v) is 13.6. The molecule has 4 aromatic rings. The molecule has 3 aromatic carbocycles. The highest BCUT2D eigenvalue weighted by atomic mass is 32.1. The van der Waals surface area contributed by atoms with Crippen LogP contribution in [0, 0.1) is 10.1 Å². The number of para-hydroxylation sites is 1. The van der Waals surface area contributed by atoms with E-state index in [1.165, 1.54) is 37.0 Å². The van der Waals surface area contributed by atoms with E-state index in [2.05, 4.69) is 0 Å². The molecule has 1 atom stereocenters. The number of hydrogen-bond donors (Lipinski definition) is 0. The summed E-state index contributed by atoms with van der Waals surface area (Å²) in [5, 5.41) is 24.1. The SMILES string of the molecule is CCOC(=O)C1=C(c2ccccc2)N=c2s/c(=C/c3cccc([N+](=O)[O-])c3[O-])c(=O)n2[C@@H]1c1ccc(OC)c(OC)c1. The van der Waals surface area contributed by atoms with Crippen molar-refractivity contribution < 1.29 is 29.0 Å². The largest absolute Gasteiger partial charge is 0.867 e. The van der Waals surface area contributed by atoms with Crippen LogP contribution in [0.5, 0.6) is 17.2 Å². The number of nitro groups is 1. The predicted octanol–water partition coefficient (Wildman–Crippen LogP) is 2.93. The average molecular weight is 587 g/mol. The van der Waals surface area contributed by atoms with Crippen molar-refractivity contribution in [3.8, 4) is 17.2 Å². The van der Waals surface area contributed by atoms with Crippen molar-refractivity contribution in [2.45, 2.75) is 13.0 Å². The van der Waals surface area contributed by atoms with Crippen molar-refractivity contribution in [2.75, 3.05) is 20.8 Å². The summed E-state index contributed by atoms with van der Waals surface area (Å²) in [6.45, 7) is 1.77. The number of ether oxygens (including phenoxy) is 3. The molecule has 0 bridgehead atoms. The fourth-order valence-corrected chi connectivity index (χ4v) is 5.71. The van der Waals surface area contributed by atoms with E-state index in [1.54, 1.807) is 49.4 Å². The third kappa shape index (κ3) is 5.03. The maximum atomic E-state index is 14.0. The Bertz CT molecular complexity index is 1910. The molecule has 11 nitrogen and oxygen atoms in total. The summed E-state index contributed by atoms with van der Waals surface area (Å²) >= 11 is 0.999. The minimum atomic E-state index is -0.991.